The van der Waals surface area contributed by atoms with Gasteiger partial charge in [-0.25, -0.2) is 0 Å². The summed E-state index contributed by atoms with van der Waals surface area (Å²) in [5, 5.41) is 0. The molecule has 0 saturated carbocycles. The molecule has 0 amide bonds. The average molecular weight is 286 g/mol. The monoisotopic (exact) mass is 285 g/mol. The Hall–Kier alpha value is -0.540. The van der Waals surface area contributed by atoms with Gasteiger partial charge >= 0.3 is 0 Å². The maximum atomic E-state index is 5.95. The zero-order chi connectivity index (χ0) is 12.0. The number of hydrogen-bond acceptors (Lipinski definition) is 2. The van der Waals surface area contributed by atoms with Gasteiger partial charge in [0.1, 0.15) is 5.75 Å². The van der Waals surface area contributed by atoms with Gasteiger partial charge in [-0.05, 0) is 43.0 Å². The highest BCUT2D eigenvalue weighted by molar-refractivity contribution is 9.10. The molecule has 0 aliphatic heterocycles. The molecule has 1 aromatic carbocycles. The second-order valence-corrected chi connectivity index (χ2v) is 5.27. The van der Waals surface area contributed by atoms with Gasteiger partial charge in [-0.1, -0.05) is 29.8 Å². The number of halogens is 1. The van der Waals surface area contributed by atoms with Crippen molar-refractivity contribution in [1.29, 1.82) is 0 Å². The number of hydrogen-bond donors (Lipinski definition) is 1. The summed E-state index contributed by atoms with van der Waals surface area (Å²) in [5.74, 6) is 1.47. The molecular formula is C13H20BrNO. The molecule has 1 aromatic rings. The number of benzene rings is 1. The zero-order valence-corrected chi connectivity index (χ0v) is 11.5. The van der Waals surface area contributed by atoms with Crippen molar-refractivity contribution >= 4 is 15.9 Å². The summed E-state index contributed by atoms with van der Waals surface area (Å²) < 4.78 is 6.69. The van der Waals surface area contributed by atoms with Gasteiger partial charge in [-0.15, -0.1) is 0 Å². The van der Waals surface area contributed by atoms with Crippen LogP contribution in [0.4, 0.5) is 0 Å². The van der Waals surface area contributed by atoms with Gasteiger partial charge in [-0.3, -0.25) is 0 Å². The topological polar surface area (TPSA) is 35.2 Å². The molecule has 0 spiro atoms. The summed E-state index contributed by atoms with van der Waals surface area (Å²) in [7, 11) is 0. The molecule has 1 unspecified atom stereocenters. The molecule has 0 heterocycles. The number of ether oxygens (including phenoxy) is 1. The Morgan fingerprint density at radius 1 is 1.25 bits per heavy atom. The molecule has 0 fully saturated rings. The third-order valence-corrected chi connectivity index (χ3v) is 3.15. The third kappa shape index (κ3) is 4.99. The van der Waals surface area contributed by atoms with Gasteiger partial charge in [-0.2, -0.15) is 0 Å². The molecule has 0 bridgehead atoms. The van der Waals surface area contributed by atoms with Crippen molar-refractivity contribution in [2.24, 2.45) is 11.7 Å². The van der Waals surface area contributed by atoms with Gasteiger partial charge in [0.25, 0.3) is 0 Å². The molecule has 1 rings (SSSR count). The van der Waals surface area contributed by atoms with Gasteiger partial charge < -0.3 is 10.5 Å². The van der Waals surface area contributed by atoms with Crippen molar-refractivity contribution in [3.63, 3.8) is 0 Å². The first-order valence-corrected chi connectivity index (χ1v) is 6.53. The average Bonchev–Trinajstić information content (AvgIpc) is 2.26. The molecule has 0 aromatic heterocycles. The first-order valence-electron chi connectivity index (χ1n) is 5.73. The van der Waals surface area contributed by atoms with E-state index in [1.54, 1.807) is 0 Å². The van der Waals surface area contributed by atoms with E-state index < -0.39 is 0 Å². The Morgan fingerprint density at radius 2 is 1.88 bits per heavy atom. The molecule has 2 N–H and O–H groups in total. The second kappa shape index (κ2) is 6.92. The van der Waals surface area contributed by atoms with Crippen LogP contribution in [0.25, 0.3) is 0 Å². The van der Waals surface area contributed by atoms with Crippen molar-refractivity contribution < 1.29 is 4.74 Å². The Bertz CT molecular complexity index is 297. The molecule has 3 heteroatoms. The predicted octanol–water partition coefficient (Wildman–Crippen LogP) is 3.59. The van der Waals surface area contributed by atoms with Crippen LogP contribution < -0.4 is 10.5 Å². The molecule has 90 valence electrons. The fourth-order valence-electron chi connectivity index (χ4n) is 1.37. The van der Waals surface area contributed by atoms with E-state index in [9.17, 15) is 0 Å². The standard InChI is InChI=1S/C13H20BrNO/c1-10(2)13(15)4-3-9-16-12-7-5-11(14)6-8-12/h5-8,10,13H,3-4,9,15H2,1-2H3. The van der Waals surface area contributed by atoms with Gasteiger partial charge in [0, 0.05) is 10.5 Å². The van der Waals surface area contributed by atoms with Crippen LogP contribution in [0, 0.1) is 5.92 Å². The normalized spacial score (nSPS) is 12.8. The molecule has 1 atom stereocenters. The summed E-state index contributed by atoms with van der Waals surface area (Å²) >= 11 is 3.39. The minimum atomic E-state index is 0.286. The van der Waals surface area contributed by atoms with Crippen LogP contribution in [-0.2, 0) is 0 Å². The molecule has 0 aliphatic rings. The van der Waals surface area contributed by atoms with Crippen LogP contribution in [0.3, 0.4) is 0 Å². The van der Waals surface area contributed by atoms with E-state index in [1.165, 1.54) is 0 Å². The SMILES string of the molecule is CC(C)C(N)CCCOc1ccc(Br)cc1. The van der Waals surface area contributed by atoms with E-state index in [0.29, 0.717) is 5.92 Å². The van der Waals surface area contributed by atoms with Crippen molar-refractivity contribution in [2.45, 2.75) is 32.7 Å². The predicted molar refractivity (Wildman–Crippen MR) is 71.7 cm³/mol. The summed E-state index contributed by atoms with van der Waals surface area (Å²) in [5.41, 5.74) is 5.95. The van der Waals surface area contributed by atoms with E-state index in [0.717, 1.165) is 29.7 Å². The summed E-state index contributed by atoms with van der Waals surface area (Å²) in [4.78, 5) is 0. The lowest BCUT2D eigenvalue weighted by molar-refractivity contribution is 0.294. The molecule has 0 saturated heterocycles. The fourth-order valence-corrected chi connectivity index (χ4v) is 1.64. The molecular weight excluding hydrogens is 266 g/mol. The van der Waals surface area contributed by atoms with Crippen LogP contribution in [0.2, 0.25) is 0 Å². The lowest BCUT2D eigenvalue weighted by Gasteiger charge is -2.15. The van der Waals surface area contributed by atoms with Crippen molar-refractivity contribution in [1.82, 2.24) is 0 Å². The van der Waals surface area contributed by atoms with Crippen molar-refractivity contribution in [3.8, 4) is 5.75 Å². The van der Waals surface area contributed by atoms with E-state index in [4.69, 9.17) is 10.5 Å². The van der Waals surface area contributed by atoms with Gasteiger partial charge in [0.2, 0.25) is 0 Å². The Labute approximate surface area is 106 Å². The first kappa shape index (κ1) is 13.5. The lowest BCUT2D eigenvalue weighted by atomic mass is 10.0. The third-order valence-electron chi connectivity index (χ3n) is 2.62. The minimum absolute atomic E-state index is 0.286. The number of rotatable bonds is 6. The molecule has 0 radical (unpaired) electrons. The van der Waals surface area contributed by atoms with E-state index in [2.05, 4.69) is 29.8 Å². The maximum Gasteiger partial charge on any atom is 0.119 e. The van der Waals surface area contributed by atoms with Crippen LogP contribution in [-0.4, -0.2) is 12.6 Å². The Kier molecular flexibility index (Phi) is 5.85. The summed E-state index contributed by atoms with van der Waals surface area (Å²) in [6.45, 7) is 5.04. The first-order chi connectivity index (χ1) is 7.59. The maximum absolute atomic E-state index is 5.95. The highest BCUT2D eigenvalue weighted by atomic mass is 79.9. The molecule has 16 heavy (non-hydrogen) atoms. The van der Waals surface area contributed by atoms with E-state index in [-0.39, 0.29) is 6.04 Å². The summed E-state index contributed by atoms with van der Waals surface area (Å²) in [6, 6.07) is 8.18. The van der Waals surface area contributed by atoms with Crippen LogP contribution >= 0.6 is 15.9 Å². The van der Waals surface area contributed by atoms with Crippen molar-refractivity contribution in [2.75, 3.05) is 6.61 Å². The van der Waals surface area contributed by atoms with Gasteiger partial charge in [0.15, 0.2) is 0 Å². The minimum Gasteiger partial charge on any atom is -0.494 e. The van der Waals surface area contributed by atoms with Crippen LogP contribution in [0.15, 0.2) is 28.7 Å². The van der Waals surface area contributed by atoms with Crippen LogP contribution in [0.1, 0.15) is 26.7 Å². The molecule has 2 nitrogen and oxygen atoms in total. The van der Waals surface area contributed by atoms with Crippen LogP contribution in [0.5, 0.6) is 5.75 Å². The second-order valence-electron chi connectivity index (χ2n) is 4.35. The largest absolute Gasteiger partial charge is 0.494 e. The number of nitrogens with two attached hydrogens (primary N) is 1. The quantitative estimate of drug-likeness (QED) is 0.811. The summed E-state index contributed by atoms with van der Waals surface area (Å²) in [6.07, 6.45) is 2.03. The highest BCUT2D eigenvalue weighted by Crippen LogP contribution is 2.16. The Morgan fingerprint density at radius 3 is 2.44 bits per heavy atom. The highest BCUT2D eigenvalue weighted by Gasteiger charge is 2.06. The molecule has 0 aliphatic carbocycles. The Balaban J connectivity index is 2.18. The van der Waals surface area contributed by atoms with Gasteiger partial charge in [0.05, 0.1) is 6.61 Å². The zero-order valence-electron chi connectivity index (χ0n) is 9.95. The lowest BCUT2D eigenvalue weighted by Crippen LogP contribution is -2.26. The smallest absolute Gasteiger partial charge is 0.119 e. The van der Waals surface area contributed by atoms with Crippen molar-refractivity contribution in [3.05, 3.63) is 28.7 Å². The van der Waals surface area contributed by atoms with E-state index in [1.807, 2.05) is 24.3 Å². The fraction of sp³-hybridized carbons (Fsp3) is 0.538. The van der Waals surface area contributed by atoms with E-state index >= 15 is 0 Å².